The fourth-order valence-electron chi connectivity index (χ4n) is 8.83. The average Bonchev–Trinajstić information content (AvgIpc) is 3.41. The second kappa shape index (κ2) is 62.9. The van der Waals surface area contributed by atoms with Crippen molar-refractivity contribution in [1.29, 1.82) is 0 Å². The third-order valence-corrected chi connectivity index (χ3v) is 13.6. The lowest BCUT2D eigenvalue weighted by Crippen LogP contribution is -2.30. The average molecular weight is 1040 g/mol. The van der Waals surface area contributed by atoms with Gasteiger partial charge in [-0.2, -0.15) is 0 Å². The van der Waals surface area contributed by atoms with Gasteiger partial charge in [0.05, 0.1) is 0 Å². The minimum absolute atomic E-state index is 0.0910. The summed E-state index contributed by atoms with van der Waals surface area (Å²) in [4.78, 5) is 38.3. The minimum Gasteiger partial charge on any atom is -0.462 e. The van der Waals surface area contributed by atoms with E-state index >= 15 is 0 Å². The number of hydrogen-bond donors (Lipinski definition) is 0. The number of esters is 3. The van der Waals surface area contributed by atoms with E-state index in [4.69, 9.17) is 14.2 Å². The second-order valence-electron chi connectivity index (χ2n) is 20.9. The molecule has 0 spiro atoms. The summed E-state index contributed by atoms with van der Waals surface area (Å²) in [6.45, 7) is 6.49. The van der Waals surface area contributed by atoms with Crippen molar-refractivity contribution in [2.45, 2.75) is 309 Å². The van der Waals surface area contributed by atoms with Crippen LogP contribution in [-0.4, -0.2) is 37.2 Å². The summed E-state index contributed by atoms with van der Waals surface area (Å²) in [5, 5.41) is 0. The SMILES string of the molecule is CC/C=C\C/C=C\C/C=C\C/C=C\C/C=C\C/C=C\CCCCC(=O)OCC(COC(=O)CCCCCCCCCCCCCCCCCCC)OC(=O)CCCCCCCCCCC/C=C\C/C=C\CCCCC. The lowest BCUT2D eigenvalue weighted by Gasteiger charge is -2.18. The third kappa shape index (κ3) is 61.1. The minimum atomic E-state index is -0.799. The highest BCUT2D eigenvalue weighted by molar-refractivity contribution is 5.71. The van der Waals surface area contributed by atoms with Gasteiger partial charge < -0.3 is 14.2 Å². The molecule has 0 amide bonds. The number of ether oxygens (including phenoxy) is 3. The topological polar surface area (TPSA) is 78.9 Å². The van der Waals surface area contributed by atoms with Crippen molar-refractivity contribution < 1.29 is 28.6 Å². The summed E-state index contributed by atoms with van der Waals surface area (Å²) >= 11 is 0. The largest absolute Gasteiger partial charge is 0.462 e. The van der Waals surface area contributed by atoms with Gasteiger partial charge in [0.15, 0.2) is 6.10 Å². The van der Waals surface area contributed by atoms with Crippen LogP contribution in [0.25, 0.3) is 0 Å². The molecule has 0 heterocycles. The molecule has 0 aromatic heterocycles. The molecule has 0 fully saturated rings. The van der Waals surface area contributed by atoms with Gasteiger partial charge in [-0.25, -0.2) is 0 Å². The highest BCUT2D eigenvalue weighted by atomic mass is 16.6. The van der Waals surface area contributed by atoms with Crippen molar-refractivity contribution in [2.24, 2.45) is 0 Å². The predicted octanol–water partition coefficient (Wildman–Crippen LogP) is 21.7. The zero-order chi connectivity index (χ0) is 54.3. The van der Waals surface area contributed by atoms with Gasteiger partial charge in [0.2, 0.25) is 0 Å². The van der Waals surface area contributed by atoms with Crippen LogP contribution in [0, 0.1) is 0 Å². The van der Waals surface area contributed by atoms with Crippen LogP contribution in [0.3, 0.4) is 0 Å². The van der Waals surface area contributed by atoms with Gasteiger partial charge in [-0.3, -0.25) is 14.4 Å². The molecule has 0 rings (SSSR count). The first-order valence-electron chi connectivity index (χ1n) is 31.7. The Labute approximate surface area is 464 Å². The molecular formula is C69H118O6. The molecule has 0 aliphatic rings. The van der Waals surface area contributed by atoms with E-state index in [0.29, 0.717) is 19.3 Å². The van der Waals surface area contributed by atoms with Gasteiger partial charge >= 0.3 is 17.9 Å². The third-order valence-electron chi connectivity index (χ3n) is 13.6. The van der Waals surface area contributed by atoms with E-state index in [-0.39, 0.29) is 31.1 Å². The van der Waals surface area contributed by atoms with Crippen molar-refractivity contribution in [3.05, 3.63) is 97.2 Å². The van der Waals surface area contributed by atoms with Gasteiger partial charge in [-0.05, 0) is 103 Å². The highest BCUT2D eigenvalue weighted by Crippen LogP contribution is 2.16. The number of allylic oxidation sites excluding steroid dienone is 16. The molecule has 0 radical (unpaired) electrons. The van der Waals surface area contributed by atoms with Crippen molar-refractivity contribution >= 4 is 17.9 Å². The number of carbonyl (C=O) groups is 3. The summed E-state index contributed by atoms with van der Waals surface area (Å²) in [5.41, 5.74) is 0. The van der Waals surface area contributed by atoms with Gasteiger partial charge in [-0.1, -0.05) is 279 Å². The molecule has 0 saturated carbocycles. The van der Waals surface area contributed by atoms with Crippen LogP contribution >= 0.6 is 0 Å². The van der Waals surface area contributed by atoms with E-state index in [1.165, 1.54) is 161 Å². The van der Waals surface area contributed by atoms with Crippen molar-refractivity contribution in [2.75, 3.05) is 13.2 Å². The number of carbonyl (C=O) groups excluding carboxylic acids is 3. The Hall–Kier alpha value is -3.67. The molecule has 0 aromatic rings. The molecule has 0 aliphatic carbocycles. The van der Waals surface area contributed by atoms with Crippen LogP contribution in [0.15, 0.2) is 97.2 Å². The van der Waals surface area contributed by atoms with Gasteiger partial charge in [0.25, 0.3) is 0 Å². The van der Waals surface area contributed by atoms with Crippen LogP contribution < -0.4 is 0 Å². The van der Waals surface area contributed by atoms with E-state index in [1.54, 1.807) is 0 Å². The fraction of sp³-hybridized carbons (Fsp3) is 0.725. The van der Waals surface area contributed by atoms with E-state index in [9.17, 15) is 14.4 Å². The molecule has 0 bridgehead atoms. The monoisotopic (exact) mass is 1040 g/mol. The maximum atomic E-state index is 12.9. The zero-order valence-electron chi connectivity index (χ0n) is 49.3. The van der Waals surface area contributed by atoms with Gasteiger partial charge in [-0.15, -0.1) is 0 Å². The summed E-state index contributed by atoms with van der Waals surface area (Å²) in [6, 6.07) is 0. The van der Waals surface area contributed by atoms with E-state index in [0.717, 1.165) is 103 Å². The first-order valence-corrected chi connectivity index (χ1v) is 31.7. The number of hydrogen-bond acceptors (Lipinski definition) is 6. The Kier molecular flexibility index (Phi) is 59.8. The first kappa shape index (κ1) is 71.3. The van der Waals surface area contributed by atoms with Crippen LogP contribution in [0.5, 0.6) is 0 Å². The maximum Gasteiger partial charge on any atom is 0.306 e. The van der Waals surface area contributed by atoms with E-state index in [2.05, 4.69) is 118 Å². The lowest BCUT2D eigenvalue weighted by molar-refractivity contribution is -0.167. The normalized spacial score (nSPS) is 12.7. The summed E-state index contributed by atoms with van der Waals surface area (Å²) in [5.74, 6) is -0.929. The zero-order valence-corrected chi connectivity index (χ0v) is 49.3. The van der Waals surface area contributed by atoms with Gasteiger partial charge in [0, 0.05) is 19.3 Å². The maximum absolute atomic E-state index is 12.9. The Morgan fingerprint density at radius 3 is 0.867 bits per heavy atom. The summed E-state index contributed by atoms with van der Waals surface area (Å²) < 4.78 is 16.9. The molecule has 6 heteroatoms. The van der Waals surface area contributed by atoms with Crippen molar-refractivity contribution in [3.63, 3.8) is 0 Å². The van der Waals surface area contributed by atoms with E-state index in [1.807, 2.05) is 0 Å². The Bertz CT molecular complexity index is 1480. The second-order valence-corrected chi connectivity index (χ2v) is 20.9. The van der Waals surface area contributed by atoms with Crippen molar-refractivity contribution in [3.8, 4) is 0 Å². The molecule has 75 heavy (non-hydrogen) atoms. The Morgan fingerprint density at radius 2 is 0.520 bits per heavy atom. The van der Waals surface area contributed by atoms with Crippen LogP contribution in [0.4, 0.5) is 0 Å². The molecule has 0 N–H and O–H groups in total. The molecular weight excluding hydrogens is 925 g/mol. The van der Waals surface area contributed by atoms with Crippen LogP contribution in [0.2, 0.25) is 0 Å². The molecule has 0 aliphatic heterocycles. The van der Waals surface area contributed by atoms with Gasteiger partial charge in [0.1, 0.15) is 13.2 Å². The van der Waals surface area contributed by atoms with Crippen LogP contribution in [0.1, 0.15) is 303 Å². The van der Waals surface area contributed by atoms with Crippen LogP contribution in [-0.2, 0) is 28.6 Å². The summed E-state index contributed by atoms with van der Waals surface area (Å²) in [6.07, 6.45) is 84.0. The lowest BCUT2D eigenvalue weighted by atomic mass is 10.0. The molecule has 1 unspecified atom stereocenters. The quantitative estimate of drug-likeness (QED) is 0.0261. The molecule has 430 valence electrons. The molecule has 0 saturated heterocycles. The fourth-order valence-corrected chi connectivity index (χ4v) is 8.83. The van der Waals surface area contributed by atoms with E-state index < -0.39 is 6.10 Å². The smallest absolute Gasteiger partial charge is 0.306 e. The first-order chi connectivity index (χ1) is 37.0. The predicted molar refractivity (Wildman–Crippen MR) is 325 cm³/mol. The summed E-state index contributed by atoms with van der Waals surface area (Å²) in [7, 11) is 0. The molecule has 6 nitrogen and oxygen atoms in total. The Balaban J connectivity index is 4.46. The van der Waals surface area contributed by atoms with Crippen molar-refractivity contribution in [1.82, 2.24) is 0 Å². The number of rotatable bonds is 57. The molecule has 1 atom stereocenters. The molecule has 0 aromatic carbocycles. The Morgan fingerprint density at radius 1 is 0.280 bits per heavy atom. The standard InChI is InChI=1S/C69H118O6/c1-4-7-10-13-16-19-22-25-28-31-33-34-36-38-41-44-47-50-53-56-59-62-68(71)74-65-66(64-73-67(70)61-58-55-52-49-46-43-40-37-30-27-24-21-18-15-12-9-6-3)75-69(72)63-60-57-54-51-48-45-42-39-35-32-29-26-23-20-17-14-11-8-5-2/h7,10,16-17,19-20,25-26,28-29,33-34,38,41,47,50,66H,4-6,8-9,11-15,18,21-24,27,30-32,35-37,39-40,42-46,48-49,51-65H2,1-3H3/b10-7-,19-16-,20-17-,28-25-,29-26-,34-33-,41-38-,50-47-. The highest BCUT2D eigenvalue weighted by Gasteiger charge is 2.19. The number of unbranched alkanes of at least 4 members (excludes halogenated alkanes) is 30.